The standard InChI is InChI=1S/C43H57ClNS.ClH/c1-14-27-16-15-17-37-39(27)46-26-45(37)38-35(28-18-30(40(2,3)4)22-31(19-28)41(5,6)7)24-34(44)25-36(38)29-20-32(42(8,9)10)23-33(21-29)43(11,12)13;/h18-27H,14-17H2,1-13H3;1H/q+1;/p-1. The maximum Gasteiger partial charge on any atom is 0.231 e. The Morgan fingerprint density at radius 3 is 1.43 bits per heavy atom. The third kappa shape index (κ3) is 7.87. The van der Waals surface area contributed by atoms with E-state index in [2.05, 4.69) is 149 Å². The van der Waals surface area contributed by atoms with Crippen molar-refractivity contribution in [3.8, 4) is 27.9 Å². The Bertz CT molecular complexity index is 1590. The zero-order valence-corrected chi connectivity index (χ0v) is 33.5. The van der Waals surface area contributed by atoms with Gasteiger partial charge in [-0.05, 0) is 92.4 Å². The highest BCUT2D eigenvalue weighted by Gasteiger charge is 2.35. The zero-order chi connectivity index (χ0) is 34.0. The predicted molar refractivity (Wildman–Crippen MR) is 203 cm³/mol. The van der Waals surface area contributed by atoms with E-state index in [1.807, 2.05) is 11.3 Å². The van der Waals surface area contributed by atoms with Gasteiger partial charge in [0, 0.05) is 11.4 Å². The largest absolute Gasteiger partial charge is 1.00 e. The molecule has 1 aliphatic rings. The lowest BCUT2D eigenvalue weighted by Gasteiger charge is -2.27. The summed E-state index contributed by atoms with van der Waals surface area (Å²) in [5.41, 5.74) is 15.5. The van der Waals surface area contributed by atoms with E-state index >= 15 is 0 Å². The van der Waals surface area contributed by atoms with Crippen molar-refractivity contribution in [3.63, 3.8) is 0 Å². The number of benzene rings is 3. The topological polar surface area (TPSA) is 3.88 Å². The highest BCUT2D eigenvalue weighted by Crippen LogP contribution is 2.44. The summed E-state index contributed by atoms with van der Waals surface area (Å²) < 4.78 is 2.56. The maximum absolute atomic E-state index is 7.18. The summed E-state index contributed by atoms with van der Waals surface area (Å²) in [7, 11) is 0. The number of fused-ring (bicyclic) bond motifs is 1. The van der Waals surface area contributed by atoms with Gasteiger partial charge in [0.05, 0.1) is 16.0 Å². The third-order valence-corrected chi connectivity index (χ3v) is 11.3. The smallest absolute Gasteiger partial charge is 0.231 e. The van der Waals surface area contributed by atoms with Gasteiger partial charge >= 0.3 is 0 Å². The van der Waals surface area contributed by atoms with Gasteiger partial charge in [0.25, 0.3) is 0 Å². The number of aromatic nitrogens is 1. The molecular formula is C43H57Cl2NS. The molecule has 0 bridgehead atoms. The molecule has 1 aliphatic carbocycles. The maximum atomic E-state index is 7.18. The lowest BCUT2D eigenvalue weighted by atomic mass is 9.77. The van der Waals surface area contributed by atoms with Crippen molar-refractivity contribution < 1.29 is 17.0 Å². The van der Waals surface area contributed by atoms with Gasteiger partial charge in [-0.3, -0.25) is 0 Å². The summed E-state index contributed by atoms with van der Waals surface area (Å²) in [5, 5.41) is 0.779. The minimum atomic E-state index is 0. The molecule has 1 heterocycles. The van der Waals surface area contributed by atoms with Crippen molar-refractivity contribution >= 4 is 22.9 Å². The Morgan fingerprint density at radius 1 is 0.660 bits per heavy atom. The Kier molecular flexibility index (Phi) is 10.7. The summed E-state index contributed by atoms with van der Waals surface area (Å²) in [6, 6.07) is 19.0. The van der Waals surface area contributed by atoms with E-state index in [0.29, 0.717) is 5.92 Å². The van der Waals surface area contributed by atoms with E-state index in [-0.39, 0.29) is 34.1 Å². The van der Waals surface area contributed by atoms with E-state index in [1.165, 1.54) is 75.2 Å². The van der Waals surface area contributed by atoms with Crippen LogP contribution in [0.2, 0.25) is 5.02 Å². The molecule has 254 valence electrons. The molecule has 1 unspecified atom stereocenters. The first-order valence-electron chi connectivity index (χ1n) is 17.4. The van der Waals surface area contributed by atoms with Gasteiger partial charge in [0.15, 0.2) is 0 Å². The van der Waals surface area contributed by atoms with E-state index in [0.717, 1.165) is 11.4 Å². The second-order valence-electron chi connectivity index (χ2n) is 17.8. The van der Waals surface area contributed by atoms with Crippen LogP contribution in [0, 0.1) is 0 Å². The molecule has 0 amide bonds. The van der Waals surface area contributed by atoms with Crippen molar-refractivity contribution in [2.45, 2.75) is 143 Å². The van der Waals surface area contributed by atoms with E-state index < -0.39 is 0 Å². The number of nitrogens with zero attached hydrogens (tertiary/aromatic N) is 1. The quantitative estimate of drug-likeness (QED) is 0.188. The van der Waals surface area contributed by atoms with E-state index in [1.54, 1.807) is 4.88 Å². The summed E-state index contributed by atoms with van der Waals surface area (Å²) in [4.78, 5) is 1.57. The molecule has 0 N–H and O–H groups in total. The van der Waals surface area contributed by atoms with Crippen LogP contribution in [-0.2, 0) is 28.1 Å². The Hall–Kier alpha value is -2.13. The second kappa shape index (κ2) is 13.3. The monoisotopic (exact) mass is 689 g/mol. The molecule has 1 atom stereocenters. The summed E-state index contributed by atoms with van der Waals surface area (Å²) in [6.45, 7) is 30.2. The SMILES string of the molecule is CCC1CCCc2c1sc[n+]2-c1c(-c2cc(C(C)(C)C)cc(C(C)(C)C)c2)cc(Cl)cc1-c1cc(C(C)(C)C)cc(C(C)(C)C)c1.[Cl-]. The molecule has 0 fully saturated rings. The predicted octanol–water partition coefficient (Wildman–Crippen LogP) is 10.0. The molecule has 0 saturated heterocycles. The van der Waals surface area contributed by atoms with Crippen LogP contribution in [0.3, 0.4) is 0 Å². The Balaban J connectivity index is 0.00000500. The second-order valence-corrected chi connectivity index (χ2v) is 19.2. The molecule has 5 rings (SSSR count). The molecule has 1 aromatic heterocycles. The van der Waals surface area contributed by atoms with Gasteiger partial charge in [0.2, 0.25) is 16.9 Å². The highest BCUT2D eigenvalue weighted by atomic mass is 35.5. The fourth-order valence-corrected chi connectivity index (χ4v) is 8.24. The number of rotatable bonds is 4. The van der Waals surface area contributed by atoms with Crippen molar-refractivity contribution in [2.75, 3.05) is 0 Å². The molecule has 1 nitrogen and oxygen atoms in total. The Labute approximate surface area is 301 Å². The van der Waals surface area contributed by atoms with Gasteiger partial charge in [-0.2, -0.15) is 4.57 Å². The molecule has 0 radical (unpaired) electrons. The van der Waals surface area contributed by atoms with Crippen molar-refractivity contribution in [1.82, 2.24) is 0 Å². The fraction of sp³-hybridized carbons (Fsp3) is 0.512. The van der Waals surface area contributed by atoms with Crippen LogP contribution in [0.1, 0.15) is 148 Å². The van der Waals surface area contributed by atoms with Gasteiger partial charge in [0.1, 0.15) is 0 Å². The highest BCUT2D eigenvalue weighted by molar-refractivity contribution is 7.09. The van der Waals surface area contributed by atoms with E-state index in [4.69, 9.17) is 11.6 Å². The summed E-state index contributed by atoms with van der Waals surface area (Å²) in [6.07, 6.45) is 4.83. The van der Waals surface area contributed by atoms with Crippen LogP contribution in [0.5, 0.6) is 0 Å². The number of hydrogen-bond acceptors (Lipinski definition) is 1. The molecule has 47 heavy (non-hydrogen) atoms. The molecule has 0 aliphatic heterocycles. The van der Waals surface area contributed by atoms with Crippen LogP contribution in [-0.4, -0.2) is 0 Å². The molecule has 4 aromatic rings. The third-order valence-electron chi connectivity index (χ3n) is 9.96. The van der Waals surface area contributed by atoms with Crippen molar-refractivity contribution in [2.24, 2.45) is 0 Å². The molecule has 4 heteroatoms. The van der Waals surface area contributed by atoms with Crippen molar-refractivity contribution in [3.05, 3.63) is 91.9 Å². The first-order valence-corrected chi connectivity index (χ1v) is 18.6. The van der Waals surface area contributed by atoms with E-state index in [9.17, 15) is 0 Å². The van der Waals surface area contributed by atoms with Crippen LogP contribution in [0.15, 0.2) is 54.0 Å². The molecule has 0 saturated carbocycles. The normalized spacial score (nSPS) is 15.7. The molecule has 3 aromatic carbocycles. The average molecular weight is 691 g/mol. The Morgan fingerprint density at radius 2 is 1.06 bits per heavy atom. The van der Waals surface area contributed by atoms with Gasteiger partial charge in [-0.25, -0.2) is 0 Å². The van der Waals surface area contributed by atoms with Gasteiger partial charge in [-0.15, -0.1) is 0 Å². The zero-order valence-electron chi connectivity index (χ0n) is 31.2. The number of hydrogen-bond donors (Lipinski definition) is 0. The number of halogens is 2. The minimum absolute atomic E-state index is 0. The lowest BCUT2D eigenvalue weighted by Crippen LogP contribution is -3.00. The average Bonchev–Trinajstić information content (AvgIpc) is 3.38. The first-order chi connectivity index (χ1) is 21.2. The summed E-state index contributed by atoms with van der Waals surface area (Å²) in [5.74, 6) is 0.641. The van der Waals surface area contributed by atoms with Crippen molar-refractivity contribution in [1.29, 1.82) is 0 Å². The van der Waals surface area contributed by atoms with Gasteiger partial charge in [-0.1, -0.05) is 149 Å². The molecular weight excluding hydrogens is 633 g/mol. The molecule has 0 spiro atoms. The van der Waals surface area contributed by atoms with Crippen LogP contribution in [0.4, 0.5) is 0 Å². The van der Waals surface area contributed by atoms with Crippen LogP contribution >= 0.6 is 22.9 Å². The first kappa shape index (κ1) is 37.7. The fourth-order valence-electron chi connectivity index (χ4n) is 6.76. The summed E-state index contributed by atoms with van der Waals surface area (Å²) >= 11 is 9.14. The number of thiazole rings is 1. The van der Waals surface area contributed by atoms with Gasteiger partial charge < -0.3 is 12.4 Å². The minimum Gasteiger partial charge on any atom is -1.00 e. The van der Waals surface area contributed by atoms with Crippen LogP contribution < -0.4 is 17.0 Å². The lowest BCUT2D eigenvalue weighted by molar-refractivity contribution is -0.598. The van der Waals surface area contributed by atoms with Crippen LogP contribution in [0.25, 0.3) is 27.9 Å².